The van der Waals surface area contributed by atoms with Crippen LogP contribution in [0.5, 0.6) is 0 Å². The van der Waals surface area contributed by atoms with Crippen LogP contribution in [-0.4, -0.2) is 20.4 Å². The van der Waals surface area contributed by atoms with E-state index in [1.165, 1.54) is 24.3 Å². The highest BCUT2D eigenvalue weighted by atomic mass is 35.5. The van der Waals surface area contributed by atoms with Crippen molar-refractivity contribution in [3.05, 3.63) is 58.6 Å². The lowest BCUT2D eigenvalue weighted by molar-refractivity contribution is 0.0938. The number of hydrogen-bond acceptors (Lipinski definition) is 3. The molecule has 2 aromatic rings. The van der Waals surface area contributed by atoms with Gasteiger partial charge in [-0.05, 0) is 67.8 Å². The number of carbonyl (C=O) groups excluding carboxylic acids is 1. The Kier molecular flexibility index (Phi) is 5.53. The summed E-state index contributed by atoms with van der Waals surface area (Å²) in [5.74, 6) is -0.118. The number of carbonyl (C=O) groups is 1. The minimum Gasteiger partial charge on any atom is -0.349 e. The lowest BCUT2D eigenvalue weighted by Crippen LogP contribution is -2.32. The zero-order chi connectivity index (χ0) is 18.7. The SMILES string of the molecule is Cc1cc(C(=O)NC2CCCC2)ccc1NS(=O)(=O)c1ccc(Cl)cc1. The zero-order valence-electron chi connectivity index (χ0n) is 14.5. The molecule has 0 aromatic heterocycles. The van der Waals surface area contributed by atoms with Gasteiger partial charge in [-0.15, -0.1) is 0 Å². The number of amides is 1. The van der Waals surface area contributed by atoms with Crippen molar-refractivity contribution in [3.63, 3.8) is 0 Å². The Labute approximate surface area is 158 Å². The number of halogens is 1. The maximum absolute atomic E-state index is 12.5. The molecule has 0 saturated heterocycles. The fourth-order valence-electron chi connectivity index (χ4n) is 3.08. The van der Waals surface area contributed by atoms with Crippen LogP contribution in [0.15, 0.2) is 47.4 Å². The molecule has 1 aliphatic rings. The highest BCUT2D eigenvalue weighted by Crippen LogP contribution is 2.23. The summed E-state index contributed by atoms with van der Waals surface area (Å²) in [6, 6.07) is 11.1. The van der Waals surface area contributed by atoms with Crippen molar-refractivity contribution in [2.24, 2.45) is 0 Å². The Bertz CT molecular complexity index is 905. The van der Waals surface area contributed by atoms with Crippen molar-refractivity contribution >= 4 is 33.2 Å². The van der Waals surface area contributed by atoms with Crippen molar-refractivity contribution in [2.75, 3.05) is 4.72 Å². The first kappa shape index (κ1) is 18.7. The summed E-state index contributed by atoms with van der Waals surface area (Å²) in [5, 5.41) is 3.50. The fourth-order valence-corrected chi connectivity index (χ4v) is 4.33. The first-order valence-corrected chi connectivity index (χ1v) is 10.4. The molecule has 0 radical (unpaired) electrons. The van der Waals surface area contributed by atoms with Crippen molar-refractivity contribution in [1.29, 1.82) is 0 Å². The number of hydrogen-bond donors (Lipinski definition) is 2. The Balaban J connectivity index is 1.74. The van der Waals surface area contributed by atoms with Gasteiger partial charge in [-0.3, -0.25) is 9.52 Å². The second-order valence-corrected chi connectivity index (χ2v) is 8.66. The molecule has 138 valence electrons. The summed E-state index contributed by atoms with van der Waals surface area (Å²) < 4.78 is 27.5. The Hall–Kier alpha value is -2.05. The lowest BCUT2D eigenvalue weighted by atomic mass is 10.1. The lowest BCUT2D eigenvalue weighted by Gasteiger charge is -2.14. The van der Waals surface area contributed by atoms with Crippen LogP contribution in [0.1, 0.15) is 41.6 Å². The summed E-state index contributed by atoms with van der Waals surface area (Å²) in [4.78, 5) is 12.5. The second-order valence-electron chi connectivity index (χ2n) is 6.54. The molecule has 2 aromatic carbocycles. The number of sulfonamides is 1. The number of aryl methyl sites for hydroxylation is 1. The zero-order valence-corrected chi connectivity index (χ0v) is 16.0. The van der Waals surface area contributed by atoms with E-state index in [2.05, 4.69) is 10.0 Å². The van der Waals surface area contributed by atoms with Crippen LogP contribution in [0.2, 0.25) is 5.02 Å². The summed E-state index contributed by atoms with van der Waals surface area (Å²) in [5.41, 5.74) is 1.66. The van der Waals surface area contributed by atoms with Crippen LogP contribution < -0.4 is 10.0 Å². The van der Waals surface area contributed by atoms with Gasteiger partial charge in [-0.1, -0.05) is 24.4 Å². The number of anilines is 1. The molecule has 7 heteroatoms. The van der Waals surface area contributed by atoms with Gasteiger partial charge in [0.1, 0.15) is 0 Å². The van der Waals surface area contributed by atoms with Gasteiger partial charge in [-0.2, -0.15) is 0 Å². The third-order valence-corrected chi connectivity index (χ3v) is 6.18. The van der Waals surface area contributed by atoms with Crippen LogP contribution >= 0.6 is 11.6 Å². The minimum atomic E-state index is -3.71. The third-order valence-electron chi connectivity index (χ3n) is 4.55. The summed E-state index contributed by atoms with van der Waals surface area (Å²) in [6.07, 6.45) is 4.33. The van der Waals surface area contributed by atoms with Crippen LogP contribution in [-0.2, 0) is 10.0 Å². The highest BCUT2D eigenvalue weighted by molar-refractivity contribution is 7.92. The first-order valence-electron chi connectivity index (χ1n) is 8.55. The molecule has 0 heterocycles. The van der Waals surface area contributed by atoms with Crippen molar-refractivity contribution in [2.45, 2.75) is 43.5 Å². The van der Waals surface area contributed by atoms with Gasteiger partial charge >= 0.3 is 0 Å². The molecule has 26 heavy (non-hydrogen) atoms. The molecule has 1 amide bonds. The van der Waals surface area contributed by atoms with Crippen molar-refractivity contribution in [3.8, 4) is 0 Å². The smallest absolute Gasteiger partial charge is 0.261 e. The molecule has 2 N–H and O–H groups in total. The molecule has 1 fully saturated rings. The molecular formula is C19H21ClN2O3S. The molecule has 0 bridgehead atoms. The quantitative estimate of drug-likeness (QED) is 0.803. The first-order chi connectivity index (χ1) is 12.3. The molecular weight excluding hydrogens is 372 g/mol. The average Bonchev–Trinajstić information content (AvgIpc) is 3.10. The van der Waals surface area contributed by atoms with Crippen LogP contribution in [0, 0.1) is 6.92 Å². The van der Waals surface area contributed by atoms with Crippen LogP contribution in [0.25, 0.3) is 0 Å². The monoisotopic (exact) mass is 392 g/mol. The normalized spacial score (nSPS) is 15.0. The topological polar surface area (TPSA) is 75.3 Å². The minimum absolute atomic E-state index is 0.118. The predicted octanol–water partition coefficient (Wildman–Crippen LogP) is 4.12. The standard InChI is InChI=1S/C19H21ClN2O3S/c1-13-12-14(19(23)21-16-4-2-3-5-16)6-11-18(13)22-26(24,25)17-9-7-15(20)8-10-17/h6-12,16,22H,2-5H2,1H3,(H,21,23). The fraction of sp³-hybridized carbons (Fsp3) is 0.316. The van der Waals surface area contributed by atoms with Crippen molar-refractivity contribution in [1.82, 2.24) is 5.32 Å². The molecule has 1 saturated carbocycles. The summed E-state index contributed by atoms with van der Waals surface area (Å²) in [7, 11) is -3.71. The largest absolute Gasteiger partial charge is 0.349 e. The second kappa shape index (κ2) is 7.68. The third kappa shape index (κ3) is 4.37. The number of rotatable bonds is 5. The highest BCUT2D eigenvalue weighted by Gasteiger charge is 2.19. The number of benzene rings is 2. The van der Waals surface area contributed by atoms with E-state index < -0.39 is 10.0 Å². The van der Waals surface area contributed by atoms with E-state index in [0.29, 0.717) is 21.8 Å². The summed E-state index contributed by atoms with van der Waals surface area (Å²) in [6.45, 7) is 1.77. The molecule has 0 atom stereocenters. The molecule has 3 rings (SSSR count). The number of nitrogens with one attached hydrogen (secondary N) is 2. The Morgan fingerprint density at radius 1 is 1.08 bits per heavy atom. The van der Waals surface area contributed by atoms with E-state index in [1.807, 2.05) is 0 Å². The molecule has 1 aliphatic carbocycles. The van der Waals surface area contributed by atoms with Gasteiger partial charge in [0.25, 0.3) is 15.9 Å². The van der Waals surface area contributed by atoms with Gasteiger partial charge in [0.05, 0.1) is 10.6 Å². The Morgan fingerprint density at radius 2 is 1.73 bits per heavy atom. The maximum atomic E-state index is 12.5. The van der Waals surface area contributed by atoms with Gasteiger partial charge in [-0.25, -0.2) is 8.42 Å². The molecule has 0 aliphatic heterocycles. The molecule has 0 unspecified atom stereocenters. The van der Waals surface area contributed by atoms with Crippen molar-refractivity contribution < 1.29 is 13.2 Å². The van der Waals surface area contributed by atoms with E-state index >= 15 is 0 Å². The van der Waals surface area contributed by atoms with Crippen LogP contribution in [0.4, 0.5) is 5.69 Å². The summed E-state index contributed by atoms with van der Waals surface area (Å²) >= 11 is 5.80. The van der Waals surface area contributed by atoms with E-state index in [0.717, 1.165) is 25.7 Å². The van der Waals surface area contributed by atoms with E-state index in [4.69, 9.17) is 11.6 Å². The van der Waals surface area contributed by atoms with E-state index in [-0.39, 0.29) is 16.8 Å². The van der Waals surface area contributed by atoms with Gasteiger partial charge in [0, 0.05) is 16.6 Å². The van der Waals surface area contributed by atoms with Crippen LogP contribution in [0.3, 0.4) is 0 Å². The van der Waals surface area contributed by atoms with E-state index in [9.17, 15) is 13.2 Å². The average molecular weight is 393 g/mol. The van der Waals surface area contributed by atoms with Gasteiger partial charge in [0.15, 0.2) is 0 Å². The van der Waals surface area contributed by atoms with E-state index in [1.54, 1.807) is 25.1 Å². The van der Waals surface area contributed by atoms with Gasteiger partial charge in [0.2, 0.25) is 0 Å². The maximum Gasteiger partial charge on any atom is 0.261 e. The molecule has 5 nitrogen and oxygen atoms in total. The Morgan fingerprint density at radius 3 is 2.35 bits per heavy atom. The predicted molar refractivity (Wildman–Crippen MR) is 103 cm³/mol. The molecule has 0 spiro atoms. The van der Waals surface area contributed by atoms with Gasteiger partial charge < -0.3 is 5.32 Å².